The lowest BCUT2D eigenvalue weighted by atomic mass is 10.2. The van der Waals surface area contributed by atoms with Crippen molar-refractivity contribution in [3.8, 4) is 5.75 Å². The molecule has 1 aromatic heterocycles. The van der Waals surface area contributed by atoms with E-state index < -0.39 is 12.1 Å². The number of rotatable bonds is 7. The fourth-order valence-electron chi connectivity index (χ4n) is 4.15. The van der Waals surface area contributed by atoms with Gasteiger partial charge in [0, 0.05) is 23.1 Å². The third-order valence-electron chi connectivity index (χ3n) is 6.14. The zero-order chi connectivity index (χ0) is 27.8. The van der Waals surface area contributed by atoms with Crippen LogP contribution in [0.4, 0.5) is 18.9 Å². The number of ether oxygens (including phenoxy) is 1. The number of likely N-dealkylation sites (tertiary alicyclic amines) is 1. The molecule has 1 fully saturated rings. The molecule has 0 atom stereocenters. The summed E-state index contributed by atoms with van der Waals surface area (Å²) in [7, 11) is 0. The van der Waals surface area contributed by atoms with Crippen LogP contribution >= 0.6 is 0 Å². The smallest absolute Gasteiger partial charge is 0.489 e. The molecule has 0 bridgehead atoms. The van der Waals surface area contributed by atoms with Gasteiger partial charge in [0.2, 0.25) is 0 Å². The first kappa shape index (κ1) is 27.7. The Kier molecular flexibility index (Phi) is 8.88. The fourth-order valence-corrected chi connectivity index (χ4v) is 4.15. The molecule has 10 heteroatoms. The molecule has 4 aromatic rings. The number of nitrogens with zero attached hydrogens (tertiary/aromatic N) is 1. The molecule has 1 aliphatic heterocycles. The highest BCUT2D eigenvalue weighted by atomic mass is 19.4. The van der Waals surface area contributed by atoms with E-state index in [9.17, 15) is 18.0 Å². The van der Waals surface area contributed by atoms with Crippen molar-refractivity contribution in [3.05, 3.63) is 95.7 Å². The Balaban J connectivity index is 0.000000448. The summed E-state index contributed by atoms with van der Waals surface area (Å²) in [6.07, 6.45) is -2.50. The second kappa shape index (κ2) is 12.5. The van der Waals surface area contributed by atoms with Crippen LogP contribution in [0.5, 0.6) is 5.75 Å². The Morgan fingerprint density at radius 3 is 2.23 bits per heavy atom. The number of carboxylic acids is 1. The third kappa shape index (κ3) is 8.08. The monoisotopic (exact) mass is 539 g/mol. The molecule has 7 nitrogen and oxygen atoms in total. The summed E-state index contributed by atoms with van der Waals surface area (Å²) in [4.78, 5) is 27.3. The molecule has 5 rings (SSSR count). The van der Waals surface area contributed by atoms with Crippen molar-refractivity contribution in [2.24, 2.45) is 0 Å². The summed E-state index contributed by atoms with van der Waals surface area (Å²) in [5.74, 6) is -2.13. The Hall–Kier alpha value is -4.31. The van der Waals surface area contributed by atoms with Gasteiger partial charge in [0.05, 0.1) is 0 Å². The molecule has 0 unspecified atom stereocenters. The first-order chi connectivity index (χ1) is 18.7. The number of carbonyl (C=O) groups is 2. The molecule has 39 heavy (non-hydrogen) atoms. The number of hydrogen-bond acceptors (Lipinski definition) is 4. The van der Waals surface area contributed by atoms with E-state index in [1.165, 1.54) is 31.5 Å². The topological polar surface area (TPSA) is 94.7 Å². The van der Waals surface area contributed by atoms with E-state index >= 15 is 0 Å². The number of benzene rings is 3. The summed E-state index contributed by atoms with van der Waals surface area (Å²) in [6.45, 7) is 3.85. The molecule has 0 saturated carbocycles. The molecule has 1 amide bonds. The standard InChI is InChI=1S/C27H27N3O2.C2HF3O2/c31-27(28-23-10-8-20(9-11-23)18-30-14-4-5-15-30)26-17-22-16-24(12-13-25(22)29-26)32-19-21-6-2-1-3-7-21;3-2(4,5)1(6)7/h1-3,6-13,16-17,29H,4-5,14-15,18-19H2,(H,28,31);(H,6,7). The molecule has 0 radical (unpaired) electrons. The highest BCUT2D eigenvalue weighted by Gasteiger charge is 2.38. The molecular formula is C29H28F3N3O4. The van der Waals surface area contributed by atoms with E-state index in [4.69, 9.17) is 14.6 Å². The Morgan fingerprint density at radius 2 is 1.59 bits per heavy atom. The van der Waals surface area contributed by atoms with Crippen LogP contribution in [0.15, 0.2) is 78.9 Å². The number of aromatic amines is 1. The van der Waals surface area contributed by atoms with Gasteiger partial charge >= 0.3 is 12.1 Å². The maximum atomic E-state index is 12.8. The zero-order valence-electron chi connectivity index (χ0n) is 21.0. The second-order valence-electron chi connectivity index (χ2n) is 9.14. The largest absolute Gasteiger partial charge is 0.490 e. The average molecular weight is 540 g/mol. The Bertz CT molecular complexity index is 1400. The highest BCUT2D eigenvalue weighted by Crippen LogP contribution is 2.23. The van der Waals surface area contributed by atoms with E-state index in [2.05, 4.69) is 27.3 Å². The minimum absolute atomic E-state index is 0.153. The van der Waals surface area contributed by atoms with Crippen LogP contribution in [0, 0.1) is 0 Å². The number of halogens is 3. The van der Waals surface area contributed by atoms with Crippen molar-refractivity contribution in [3.63, 3.8) is 0 Å². The number of anilines is 1. The van der Waals surface area contributed by atoms with Crippen molar-refractivity contribution in [2.75, 3.05) is 18.4 Å². The highest BCUT2D eigenvalue weighted by molar-refractivity contribution is 6.06. The van der Waals surface area contributed by atoms with Gasteiger partial charge in [-0.15, -0.1) is 0 Å². The van der Waals surface area contributed by atoms with E-state index in [-0.39, 0.29) is 5.91 Å². The number of alkyl halides is 3. The van der Waals surface area contributed by atoms with E-state index in [1.54, 1.807) is 0 Å². The van der Waals surface area contributed by atoms with E-state index in [1.807, 2.05) is 66.7 Å². The summed E-state index contributed by atoms with van der Waals surface area (Å²) in [5.41, 5.74) is 4.63. The molecule has 0 spiro atoms. The molecular weight excluding hydrogens is 511 g/mol. The number of aliphatic carboxylic acids is 1. The maximum Gasteiger partial charge on any atom is 0.490 e. The quantitative estimate of drug-likeness (QED) is 0.259. The van der Waals surface area contributed by atoms with Gasteiger partial charge in [-0.1, -0.05) is 42.5 Å². The fraction of sp³-hybridized carbons (Fsp3) is 0.241. The minimum Gasteiger partial charge on any atom is -0.489 e. The van der Waals surface area contributed by atoms with Gasteiger partial charge in [-0.3, -0.25) is 9.69 Å². The molecule has 3 N–H and O–H groups in total. The predicted molar refractivity (Wildman–Crippen MR) is 142 cm³/mol. The molecule has 204 valence electrons. The van der Waals surface area contributed by atoms with Crippen molar-refractivity contribution in [1.29, 1.82) is 0 Å². The van der Waals surface area contributed by atoms with Crippen LogP contribution in [0.3, 0.4) is 0 Å². The number of nitrogens with one attached hydrogen (secondary N) is 2. The number of carbonyl (C=O) groups excluding carboxylic acids is 1. The maximum absolute atomic E-state index is 12.8. The molecule has 0 aliphatic carbocycles. The first-order valence-electron chi connectivity index (χ1n) is 12.4. The lowest BCUT2D eigenvalue weighted by molar-refractivity contribution is -0.192. The summed E-state index contributed by atoms with van der Waals surface area (Å²) in [5, 5.41) is 11.1. The van der Waals surface area contributed by atoms with Gasteiger partial charge in [0.15, 0.2) is 0 Å². The van der Waals surface area contributed by atoms with Gasteiger partial charge < -0.3 is 20.1 Å². The first-order valence-corrected chi connectivity index (χ1v) is 12.4. The van der Waals surface area contributed by atoms with Crippen LogP contribution in [0.2, 0.25) is 0 Å². The number of aromatic nitrogens is 1. The van der Waals surface area contributed by atoms with Gasteiger partial charge in [0.25, 0.3) is 5.91 Å². The van der Waals surface area contributed by atoms with Gasteiger partial charge in [-0.05, 0) is 73.5 Å². The molecule has 3 aromatic carbocycles. The van der Waals surface area contributed by atoms with Gasteiger partial charge in [-0.25, -0.2) is 4.79 Å². The lowest BCUT2D eigenvalue weighted by Gasteiger charge is -2.14. The number of H-pyrrole nitrogens is 1. The second-order valence-corrected chi connectivity index (χ2v) is 9.14. The third-order valence-corrected chi connectivity index (χ3v) is 6.14. The minimum atomic E-state index is -5.08. The van der Waals surface area contributed by atoms with Crippen molar-refractivity contribution < 1.29 is 32.6 Å². The Labute approximate surface area is 223 Å². The predicted octanol–water partition coefficient (Wildman–Crippen LogP) is 6.23. The van der Waals surface area contributed by atoms with E-state index in [0.717, 1.165) is 34.4 Å². The molecule has 1 saturated heterocycles. The number of amides is 1. The van der Waals surface area contributed by atoms with Gasteiger partial charge in [-0.2, -0.15) is 13.2 Å². The number of carboxylic acid groups (broad SMARTS) is 1. The lowest BCUT2D eigenvalue weighted by Crippen LogP contribution is -2.21. The molecule has 1 aliphatic rings. The number of fused-ring (bicyclic) bond motifs is 1. The van der Waals surface area contributed by atoms with Crippen molar-refractivity contribution in [2.45, 2.75) is 32.2 Å². The zero-order valence-corrected chi connectivity index (χ0v) is 21.0. The summed E-state index contributed by atoms with van der Waals surface area (Å²) in [6, 6.07) is 25.9. The van der Waals surface area contributed by atoms with Crippen LogP contribution in [-0.4, -0.2) is 46.1 Å². The SMILES string of the molecule is O=C(Nc1ccc(CN2CCCC2)cc1)c1cc2cc(OCc3ccccc3)ccc2[nH]1.O=C(O)C(F)(F)F. The Morgan fingerprint density at radius 1 is 0.923 bits per heavy atom. The van der Waals surface area contributed by atoms with Crippen LogP contribution in [-0.2, 0) is 17.9 Å². The van der Waals surface area contributed by atoms with Crippen LogP contribution < -0.4 is 10.1 Å². The number of hydrogen-bond donors (Lipinski definition) is 3. The van der Waals surface area contributed by atoms with Gasteiger partial charge in [0.1, 0.15) is 18.1 Å². The van der Waals surface area contributed by atoms with Crippen LogP contribution in [0.1, 0.15) is 34.5 Å². The summed E-state index contributed by atoms with van der Waals surface area (Å²) >= 11 is 0. The van der Waals surface area contributed by atoms with Crippen molar-refractivity contribution >= 4 is 28.5 Å². The van der Waals surface area contributed by atoms with E-state index in [0.29, 0.717) is 12.3 Å². The van der Waals surface area contributed by atoms with Crippen LogP contribution in [0.25, 0.3) is 10.9 Å². The summed E-state index contributed by atoms with van der Waals surface area (Å²) < 4.78 is 37.6. The average Bonchev–Trinajstić information content (AvgIpc) is 3.59. The normalized spacial score (nSPS) is 13.5. The molecule has 2 heterocycles. The van der Waals surface area contributed by atoms with Crippen molar-refractivity contribution in [1.82, 2.24) is 9.88 Å².